The molecule has 0 saturated heterocycles. The van der Waals surface area contributed by atoms with Crippen molar-refractivity contribution in [3.8, 4) is 0 Å². The number of amides is 1. The molecule has 2 aromatic carbocycles. The largest absolute Gasteiger partial charge is 0.444 e. The maximum absolute atomic E-state index is 11.6. The van der Waals surface area contributed by atoms with E-state index < -0.39 is 5.60 Å². The van der Waals surface area contributed by atoms with Crippen molar-refractivity contribution in [1.82, 2.24) is 10.6 Å². The average molecular weight is 314 g/mol. The van der Waals surface area contributed by atoms with Gasteiger partial charge in [-0.3, -0.25) is 0 Å². The molecule has 0 spiro atoms. The van der Waals surface area contributed by atoms with E-state index in [0.29, 0.717) is 13.1 Å². The van der Waals surface area contributed by atoms with Gasteiger partial charge in [-0.25, -0.2) is 4.79 Å². The number of hydrogen-bond donors (Lipinski definition) is 2. The van der Waals surface area contributed by atoms with Gasteiger partial charge in [0.15, 0.2) is 0 Å². The van der Waals surface area contributed by atoms with Gasteiger partial charge in [-0.2, -0.15) is 0 Å². The molecule has 1 atom stereocenters. The van der Waals surface area contributed by atoms with Crippen LogP contribution in [0, 0.1) is 0 Å². The molecule has 0 aliphatic carbocycles. The van der Waals surface area contributed by atoms with Crippen molar-refractivity contribution in [2.24, 2.45) is 0 Å². The van der Waals surface area contributed by atoms with Gasteiger partial charge >= 0.3 is 6.09 Å². The van der Waals surface area contributed by atoms with Crippen LogP contribution < -0.4 is 10.6 Å². The number of carbonyl (C=O) groups is 1. The van der Waals surface area contributed by atoms with Crippen LogP contribution in [-0.2, 0) is 4.74 Å². The van der Waals surface area contributed by atoms with Crippen molar-refractivity contribution < 1.29 is 9.53 Å². The fourth-order valence-electron chi connectivity index (χ4n) is 2.51. The van der Waals surface area contributed by atoms with E-state index in [2.05, 4.69) is 60.0 Å². The first kappa shape index (κ1) is 17.3. The van der Waals surface area contributed by atoms with E-state index in [1.54, 1.807) is 0 Å². The Morgan fingerprint density at radius 2 is 1.78 bits per heavy atom. The number of benzene rings is 2. The van der Waals surface area contributed by atoms with E-state index in [1.165, 1.54) is 16.3 Å². The van der Waals surface area contributed by atoms with Gasteiger partial charge in [-0.15, -0.1) is 0 Å². The third kappa shape index (κ3) is 5.25. The Hall–Kier alpha value is -2.07. The highest BCUT2D eigenvalue weighted by molar-refractivity contribution is 5.86. The van der Waals surface area contributed by atoms with Crippen LogP contribution in [0.4, 0.5) is 4.79 Å². The first-order valence-corrected chi connectivity index (χ1v) is 8.05. The van der Waals surface area contributed by atoms with Gasteiger partial charge in [0.05, 0.1) is 0 Å². The lowest BCUT2D eigenvalue weighted by Crippen LogP contribution is -2.36. The van der Waals surface area contributed by atoms with E-state index >= 15 is 0 Å². The molecule has 124 valence electrons. The van der Waals surface area contributed by atoms with Crippen LogP contribution >= 0.6 is 0 Å². The molecule has 4 heteroatoms. The van der Waals surface area contributed by atoms with E-state index in [1.807, 2.05) is 20.8 Å². The van der Waals surface area contributed by atoms with Gasteiger partial charge in [-0.05, 0) is 44.0 Å². The van der Waals surface area contributed by atoms with Crippen molar-refractivity contribution in [2.45, 2.75) is 39.3 Å². The molecule has 2 N–H and O–H groups in total. The summed E-state index contributed by atoms with van der Waals surface area (Å²) in [5, 5.41) is 8.70. The molecule has 2 rings (SSSR count). The molecule has 0 fully saturated rings. The van der Waals surface area contributed by atoms with Crippen LogP contribution in [0.25, 0.3) is 10.8 Å². The molecule has 23 heavy (non-hydrogen) atoms. The fourth-order valence-corrected chi connectivity index (χ4v) is 2.51. The van der Waals surface area contributed by atoms with Crippen LogP contribution in [0.1, 0.15) is 39.3 Å². The van der Waals surface area contributed by atoms with Crippen molar-refractivity contribution >= 4 is 16.9 Å². The highest BCUT2D eigenvalue weighted by Gasteiger charge is 2.15. The third-order valence-corrected chi connectivity index (χ3v) is 3.53. The fraction of sp³-hybridized carbons (Fsp3) is 0.421. The van der Waals surface area contributed by atoms with Crippen LogP contribution in [0.5, 0.6) is 0 Å². The van der Waals surface area contributed by atoms with Crippen molar-refractivity contribution in [3.63, 3.8) is 0 Å². The Morgan fingerprint density at radius 1 is 1.09 bits per heavy atom. The molecule has 1 amide bonds. The summed E-state index contributed by atoms with van der Waals surface area (Å²) in [5.74, 6) is 0. The molecule has 0 saturated carbocycles. The number of alkyl carbamates (subject to hydrolysis) is 1. The van der Waals surface area contributed by atoms with Gasteiger partial charge < -0.3 is 15.4 Å². The summed E-state index contributed by atoms with van der Waals surface area (Å²) in [6, 6.07) is 14.9. The molecule has 0 bridgehead atoms. The second kappa shape index (κ2) is 7.47. The monoisotopic (exact) mass is 314 g/mol. The minimum atomic E-state index is -0.465. The third-order valence-electron chi connectivity index (χ3n) is 3.53. The number of fused-ring (bicyclic) bond motifs is 1. The van der Waals surface area contributed by atoms with Gasteiger partial charge in [0.2, 0.25) is 0 Å². The average Bonchev–Trinajstić information content (AvgIpc) is 2.49. The number of carbonyl (C=O) groups excluding carboxylic acids is 1. The number of ether oxygens (including phenoxy) is 1. The zero-order valence-electron chi connectivity index (χ0n) is 14.3. The smallest absolute Gasteiger partial charge is 0.407 e. The Kier molecular flexibility index (Phi) is 5.61. The minimum absolute atomic E-state index is 0.210. The van der Waals surface area contributed by atoms with Gasteiger partial charge in [-0.1, -0.05) is 42.5 Å². The SMILES string of the molecule is CC(NCCNC(=O)OC(C)(C)C)c1cccc2ccccc12. The lowest BCUT2D eigenvalue weighted by molar-refractivity contribution is 0.0528. The first-order chi connectivity index (χ1) is 10.9. The van der Waals surface area contributed by atoms with Crippen LogP contribution in [0.3, 0.4) is 0 Å². The maximum Gasteiger partial charge on any atom is 0.407 e. The summed E-state index contributed by atoms with van der Waals surface area (Å²) < 4.78 is 5.21. The topological polar surface area (TPSA) is 50.4 Å². The molecule has 0 radical (unpaired) electrons. The minimum Gasteiger partial charge on any atom is -0.444 e. The summed E-state index contributed by atoms with van der Waals surface area (Å²) >= 11 is 0. The molecule has 0 aromatic heterocycles. The Morgan fingerprint density at radius 3 is 2.52 bits per heavy atom. The molecule has 4 nitrogen and oxygen atoms in total. The Balaban J connectivity index is 1.85. The molecule has 0 heterocycles. The lowest BCUT2D eigenvalue weighted by Gasteiger charge is -2.20. The molecular formula is C19H26N2O2. The predicted molar refractivity (Wildman–Crippen MR) is 94.6 cm³/mol. The summed E-state index contributed by atoms with van der Waals surface area (Å²) in [4.78, 5) is 11.6. The second-order valence-corrected chi connectivity index (χ2v) is 6.67. The zero-order valence-corrected chi connectivity index (χ0v) is 14.3. The second-order valence-electron chi connectivity index (χ2n) is 6.67. The van der Waals surface area contributed by atoms with Gasteiger partial charge in [0.1, 0.15) is 5.60 Å². The first-order valence-electron chi connectivity index (χ1n) is 8.05. The van der Waals surface area contributed by atoms with E-state index in [0.717, 1.165) is 0 Å². The van der Waals surface area contributed by atoms with Gasteiger partial charge in [0, 0.05) is 19.1 Å². The standard InChI is InChI=1S/C19H26N2O2/c1-14(20-12-13-21-18(22)23-19(2,3)4)16-11-7-9-15-8-5-6-10-17(15)16/h5-11,14,20H,12-13H2,1-4H3,(H,21,22). The van der Waals surface area contributed by atoms with Crippen molar-refractivity contribution in [2.75, 3.05) is 13.1 Å². The summed E-state index contributed by atoms with van der Waals surface area (Å²) in [5.41, 5.74) is 0.800. The van der Waals surface area contributed by atoms with E-state index in [-0.39, 0.29) is 12.1 Å². The van der Waals surface area contributed by atoms with E-state index in [9.17, 15) is 4.79 Å². The van der Waals surface area contributed by atoms with Crippen molar-refractivity contribution in [1.29, 1.82) is 0 Å². The summed E-state index contributed by atoms with van der Waals surface area (Å²) in [6.45, 7) is 8.91. The quantitative estimate of drug-likeness (QED) is 0.820. The summed E-state index contributed by atoms with van der Waals surface area (Å²) in [7, 11) is 0. The number of rotatable bonds is 5. The molecule has 0 aliphatic heterocycles. The zero-order chi connectivity index (χ0) is 16.9. The highest BCUT2D eigenvalue weighted by atomic mass is 16.6. The molecular weight excluding hydrogens is 288 g/mol. The van der Waals surface area contributed by atoms with Gasteiger partial charge in [0.25, 0.3) is 0 Å². The van der Waals surface area contributed by atoms with Crippen molar-refractivity contribution in [3.05, 3.63) is 48.0 Å². The Bertz CT molecular complexity index is 656. The summed E-state index contributed by atoms with van der Waals surface area (Å²) in [6.07, 6.45) is -0.378. The number of nitrogens with one attached hydrogen (secondary N) is 2. The van der Waals surface area contributed by atoms with Crippen LogP contribution in [0.2, 0.25) is 0 Å². The lowest BCUT2D eigenvalue weighted by atomic mass is 10.00. The Labute approximate surface area is 138 Å². The maximum atomic E-state index is 11.6. The van der Waals surface area contributed by atoms with E-state index in [4.69, 9.17) is 4.74 Å². The normalized spacial score (nSPS) is 12.9. The predicted octanol–water partition coefficient (Wildman–Crippen LogP) is 4.02. The molecule has 2 aromatic rings. The number of hydrogen-bond acceptors (Lipinski definition) is 3. The highest BCUT2D eigenvalue weighted by Crippen LogP contribution is 2.23. The molecule has 1 unspecified atom stereocenters. The van der Waals surface area contributed by atoms with Crippen LogP contribution in [0.15, 0.2) is 42.5 Å². The van der Waals surface area contributed by atoms with Crippen LogP contribution in [-0.4, -0.2) is 24.8 Å². The molecule has 0 aliphatic rings.